The first-order valence-electron chi connectivity index (χ1n) is 6.81. The van der Waals surface area contributed by atoms with Crippen LogP contribution in [0.2, 0.25) is 0 Å². The lowest BCUT2D eigenvalue weighted by Gasteiger charge is -2.19. The number of nitrogens with zero attached hydrogens (tertiary/aromatic N) is 1. The molecule has 1 aliphatic rings. The molecule has 5 nitrogen and oxygen atoms in total. The van der Waals surface area contributed by atoms with Crippen LogP contribution < -0.4 is 10.6 Å². The average Bonchev–Trinajstić information content (AvgIpc) is 2.83. The van der Waals surface area contributed by atoms with Crippen molar-refractivity contribution < 1.29 is 4.92 Å². The van der Waals surface area contributed by atoms with Gasteiger partial charge in [-0.3, -0.25) is 10.1 Å². The number of aryl methyl sites for hydroxylation is 1. The molecule has 1 aromatic carbocycles. The number of nitro groups is 1. The fourth-order valence-electron chi connectivity index (χ4n) is 2.62. The van der Waals surface area contributed by atoms with Gasteiger partial charge in [0.05, 0.1) is 4.92 Å². The van der Waals surface area contributed by atoms with Crippen LogP contribution in [0.25, 0.3) is 0 Å². The van der Waals surface area contributed by atoms with Gasteiger partial charge in [0.1, 0.15) is 5.69 Å². The molecule has 0 amide bonds. The van der Waals surface area contributed by atoms with Gasteiger partial charge in [0.2, 0.25) is 0 Å². The maximum Gasteiger partial charge on any atom is 0.292 e. The number of nitrogens with one attached hydrogen (secondary N) is 2. The van der Waals surface area contributed by atoms with Crippen LogP contribution in [0.3, 0.4) is 0 Å². The largest absolute Gasteiger partial charge is 0.377 e. The predicted molar refractivity (Wildman–Crippen MR) is 76.6 cm³/mol. The zero-order valence-corrected chi connectivity index (χ0v) is 11.5. The molecule has 2 unspecified atom stereocenters. The highest BCUT2D eigenvalue weighted by molar-refractivity contribution is 5.62. The van der Waals surface area contributed by atoms with Gasteiger partial charge in [-0.25, -0.2) is 0 Å². The second-order valence-corrected chi connectivity index (χ2v) is 5.35. The highest BCUT2D eigenvalue weighted by atomic mass is 16.6. The number of benzene rings is 1. The lowest BCUT2D eigenvalue weighted by Crippen LogP contribution is -2.29. The molecular weight excluding hydrogens is 242 g/mol. The van der Waals surface area contributed by atoms with Gasteiger partial charge in [0, 0.05) is 18.2 Å². The number of hydrogen-bond acceptors (Lipinski definition) is 4. The fraction of sp³-hybridized carbons (Fsp3) is 0.571. The van der Waals surface area contributed by atoms with E-state index in [0.717, 1.165) is 18.5 Å². The first-order chi connectivity index (χ1) is 9.06. The van der Waals surface area contributed by atoms with Crippen molar-refractivity contribution in [1.29, 1.82) is 0 Å². The Balaban J connectivity index is 2.03. The topological polar surface area (TPSA) is 67.2 Å². The molecule has 19 heavy (non-hydrogen) atoms. The molecule has 1 saturated heterocycles. The van der Waals surface area contributed by atoms with Crippen molar-refractivity contribution in [2.45, 2.75) is 45.2 Å². The summed E-state index contributed by atoms with van der Waals surface area (Å²) in [4.78, 5) is 10.7. The van der Waals surface area contributed by atoms with E-state index in [1.807, 2.05) is 13.0 Å². The van der Waals surface area contributed by atoms with Gasteiger partial charge in [-0.2, -0.15) is 0 Å². The minimum atomic E-state index is -0.324. The zero-order chi connectivity index (χ0) is 13.8. The van der Waals surface area contributed by atoms with Gasteiger partial charge in [0.25, 0.3) is 5.69 Å². The predicted octanol–water partition coefficient (Wildman–Crippen LogP) is 2.85. The third-order valence-electron chi connectivity index (χ3n) is 3.55. The summed E-state index contributed by atoms with van der Waals surface area (Å²) in [5.41, 5.74) is 1.68. The molecule has 2 atom stereocenters. The van der Waals surface area contributed by atoms with Crippen molar-refractivity contribution in [3.63, 3.8) is 0 Å². The van der Waals surface area contributed by atoms with Crippen LogP contribution in [0.4, 0.5) is 11.4 Å². The Morgan fingerprint density at radius 3 is 3.00 bits per heavy atom. The minimum Gasteiger partial charge on any atom is -0.377 e. The second-order valence-electron chi connectivity index (χ2n) is 5.35. The van der Waals surface area contributed by atoms with Gasteiger partial charge >= 0.3 is 0 Å². The van der Waals surface area contributed by atoms with Crippen molar-refractivity contribution in [1.82, 2.24) is 5.32 Å². The van der Waals surface area contributed by atoms with Gasteiger partial charge in [-0.05, 0) is 51.3 Å². The van der Waals surface area contributed by atoms with E-state index in [9.17, 15) is 10.1 Å². The van der Waals surface area contributed by atoms with Crippen molar-refractivity contribution in [2.75, 3.05) is 11.9 Å². The van der Waals surface area contributed by atoms with E-state index in [1.54, 1.807) is 12.1 Å². The lowest BCUT2D eigenvalue weighted by molar-refractivity contribution is -0.384. The third kappa shape index (κ3) is 3.67. The Kier molecular flexibility index (Phi) is 4.37. The number of nitro benzene ring substituents is 1. The van der Waals surface area contributed by atoms with Crippen molar-refractivity contribution >= 4 is 11.4 Å². The van der Waals surface area contributed by atoms with E-state index in [1.165, 1.54) is 12.8 Å². The third-order valence-corrected chi connectivity index (χ3v) is 3.55. The van der Waals surface area contributed by atoms with Crippen LogP contribution in [0.15, 0.2) is 18.2 Å². The standard InChI is InChI=1S/C14H21N3O2/c1-10-5-6-13(14(8-10)17(18)19)16-11(2)9-12-4-3-7-15-12/h5-6,8,11-12,15-16H,3-4,7,9H2,1-2H3. The van der Waals surface area contributed by atoms with E-state index in [4.69, 9.17) is 0 Å². The monoisotopic (exact) mass is 263 g/mol. The molecule has 0 saturated carbocycles. The molecule has 1 aliphatic heterocycles. The van der Waals surface area contributed by atoms with Gasteiger partial charge in [-0.15, -0.1) is 0 Å². The maximum absolute atomic E-state index is 11.1. The molecule has 0 bridgehead atoms. The van der Waals surface area contributed by atoms with E-state index in [2.05, 4.69) is 17.6 Å². The maximum atomic E-state index is 11.1. The molecule has 104 valence electrons. The molecule has 0 aromatic heterocycles. The summed E-state index contributed by atoms with van der Waals surface area (Å²) in [7, 11) is 0. The van der Waals surface area contributed by atoms with Crippen molar-refractivity contribution in [3.05, 3.63) is 33.9 Å². The fourth-order valence-corrected chi connectivity index (χ4v) is 2.62. The van der Waals surface area contributed by atoms with Crippen LogP contribution >= 0.6 is 0 Å². The van der Waals surface area contributed by atoms with E-state index in [0.29, 0.717) is 11.7 Å². The molecule has 1 aromatic rings. The zero-order valence-electron chi connectivity index (χ0n) is 11.5. The van der Waals surface area contributed by atoms with E-state index >= 15 is 0 Å². The summed E-state index contributed by atoms with van der Waals surface area (Å²) in [5.74, 6) is 0. The average molecular weight is 263 g/mol. The smallest absolute Gasteiger partial charge is 0.292 e. The quantitative estimate of drug-likeness (QED) is 0.633. The summed E-state index contributed by atoms with van der Waals surface area (Å²) in [6, 6.07) is 6.06. The summed E-state index contributed by atoms with van der Waals surface area (Å²) < 4.78 is 0. The Labute approximate surface area is 113 Å². The Morgan fingerprint density at radius 2 is 2.37 bits per heavy atom. The molecule has 2 N–H and O–H groups in total. The van der Waals surface area contributed by atoms with Gasteiger partial charge in [-0.1, -0.05) is 6.07 Å². The molecule has 0 spiro atoms. The van der Waals surface area contributed by atoms with Crippen LogP contribution in [0.5, 0.6) is 0 Å². The second kappa shape index (κ2) is 6.02. The van der Waals surface area contributed by atoms with E-state index in [-0.39, 0.29) is 16.7 Å². The number of anilines is 1. The highest BCUT2D eigenvalue weighted by Gasteiger charge is 2.19. The summed E-state index contributed by atoms with van der Waals surface area (Å²) in [6.45, 7) is 5.02. The summed E-state index contributed by atoms with van der Waals surface area (Å²) in [6.07, 6.45) is 3.41. The molecule has 1 fully saturated rings. The minimum absolute atomic E-state index is 0.159. The molecule has 0 aliphatic carbocycles. The number of hydrogen-bond donors (Lipinski definition) is 2. The van der Waals surface area contributed by atoms with Crippen molar-refractivity contribution in [2.24, 2.45) is 0 Å². The highest BCUT2D eigenvalue weighted by Crippen LogP contribution is 2.26. The molecule has 0 radical (unpaired) electrons. The van der Waals surface area contributed by atoms with Crippen LogP contribution in [0, 0.1) is 17.0 Å². The Morgan fingerprint density at radius 1 is 1.58 bits per heavy atom. The number of rotatable bonds is 5. The van der Waals surface area contributed by atoms with E-state index < -0.39 is 0 Å². The van der Waals surface area contributed by atoms with Gasteiger partial charge in [0.15, 0.2) is 0 Å². The van der Waals surface area contributed by atoms with Crippen molar-refractivity contribution in [3.8, 4) is 0 Å². The molecular formula is C14H21N3O2. The SMILES string of the molecule is Cc1ccc(NC(C)CC2CCCN2)c([N+](=O)[O-])c1. The van der Waals surface area contributed by atoms with Crippen LogP contribution in [0.1, 0.15) is 31.7 Å². The first kappa shape index (κ1) is 13.8. The van der Waals surface area contributed by atoms with Crippen LogP contribution in [-0.2, 0) is 0 Å². The Hall–Kier alpha value is -1.62. The normalized spacial score (nSPS) is 20.2. The van der Waals surface area contributed by atoms with Crippen LogP contribution in [-0.4, -0.2) is 23.6 Å². The molecule has 5 heteroatoms. The Bertz CT molecular complexity index is 456. The molecule has 1 heterocycles. The summed E-state index contributed by atoms with van der Waals surface area (Å²) >= 11 is 0. The van der Waals surface area contributed by atoms with Gasteiger partial charge < -0.3 is 10.6 Å². The molecule has 2 rings (SSSR count). The first-order valence-corrected chi connectivity index (χ1v) is 6.81. The summed E-state index contributed by atoms with van der Waals surface area (Å²) in [5, 5.41) is 17.8. The lowest BCUT2D eigenvalue weighted by atomic mass is 10.1.